The normalized spacial score (nSPS) is 10.0. The summed E-state index contributed by atoms with van der Waals surface area (Å²) in [6, 6.07) is 11.0. The molecule has 0 aliphatic heterocycles. The van der Waals surface area contributed by atoms with Gasteiger partial charge in [-0.05, 0) is 35.4 Å². The highest BCUT2D eigenvalue weighted by molar-refractivity contribution is 5.89. The van der Waals surface area contributed by atoms with Crippen molar-refractivity contribution in [2.24, 2.45) is 0 Å². The number of hydrogen-bond donors (Lipinski definition) is 2. The van der Waals surface area contributed by atoms with Crippen LogP contribution in [-0.2, 0) is 0 Å². The van der Waals surface area contributed by atoms with Gasteiger partial charge in [-0.15, -0.1) is 0 Å². The lowest BCUT2D eigenvalue weighted by Gasteiger charge is -2.05. The van der Waals surface area contributed by atoms with Crippen molar-refractivity contribution in [2.75, 3.05) is 0 Å². The average Bonchev–Trinajstić information content (AvgIpc) is 2.38. The minimum absolute atomic E-state index is 0.122. The molecule has 2 N–H and O–H groups in total. The van der Waals surface area contributed by atoms with Gasteiger partial charge in [0.2, 0.25) is 0 Å². The molecule has 4 nitrogen and oxygen atoms in total. The fourth-order valence-corrected chi connectivity index (χ4v) is 1.65. The molecular formula is C14H10O4. The second kappa shape index (κ2) is 4.71. The van der Waals surface area contributed by atoms with E-state index in [0.717, 1.165) is 0 Å². The number of hydrogen-bond acceptors (Lipinski definition) is 3. The molecule has 0 saturated carbocycles. The zero-order valence-corrected chi connectivity index (χ0v) is 9.33. The first-order valence-electron chi connectivity index (χ1n) is 5.24. The Morgan fingerprint density at radius 1 is 1.06 bits per heavy atom. The third-order valence-electron chi connectivity index (χ3n) is 2.60. The van der Waals surface area contributed by atoms with Gasteiger partial charge in [-0.25, -0.2) is 4.79 Å². The molecule has 0 aromatic heterocycles. The van der Waals surface area contributed by atoms with Crippen LogP contribution in [0.2, 0.25) is 0 Å². The number of phenols is 1. The highest BCUT2D eigenvalue weighted by Crippen LogP contribution is 2.26. The Kier molecular flexibility index (Phi) is 3.10. The van der Waals surface area contributed by atoms with Crippen molar-refractivity contribution < 1.29 is 19.8 Å². The molecule has 2 rings (SSSR count). The molecule has 0 unspecified atom stereocenters. The van der Waals surface area contributed by atoms with Gasteiger partial charge in [0.05, 0.1) is 11.1 Å². The van der Waals surface area contributed by atoms with Crippen molar-refractivity contribution in [1.82, 2.24) is 0 Å². The smallest absolute Gasteiger partial charge is 0.335 e. The van der Waals surface area contributed by atoms with E-state index in [1.54, 1.807) is 18.2 Å². The summed E-state index contributed by atoms with van der Waals surface area (Å²) in [4.78, 5) is 21.4. The van der Waals surface area contributed by atoms with Gasteiger partial charge in [-0.1, -0.05) is 18.2 Å². The maximum absolute atomic E-state index is 10.9. The number of rotatable bonds is 3. The third kappa shape index (κ3) is 2.22. The topological polar surface area (TPSA) is 74.6 Å². The van der Waals surface area contributed by atoms with Gasteiger partial charge < -0.3 is 10.2 Å². The van der Waals surface area contributed by atoms with Gasteiger partial charge in [0.25, 0.3) is 0 Å². The van der Waals surface area contributed by atoms with Crippen LogP contribution in [0.1, 0.15) is 20.7 Å². The van der Waals surface area contributed by atoms with Crippen LogP contribution in [0, 0.1) is 0 Å². The zero-order chi connectivity index (χ0) is 13.1. The SMILES string of the molecule is O=Cc1ccc(-c2cccc(C(=O)O)c2)cc1O. The Morgan fingerprint density at radius 2 is 1.78 bits per heavy atom. The Balaban J connectivity index is 2.48. The molecule has 0 spiro atoms. The van der Waals surface area contributed by atoms with E-state index < -0.39 is 5.97 Å². The summed E-state index contributed by atoms with van der Waals surface area (Å²) in [5.41, 5.74) is 1.70. The van der Waals surface area contributed by atoms with Crippen LogP contribution in [0.25, 0.3) is 11.1 Å². The summed E-state index contributed by atoms with van der Waals surface area (Å²) in [6.07, 6.45) is 0.562. The Bertz CT molecular complexity index is 617. The van der Waals surface area contributed by atoms with Crippen molar-refractivity contribution in [3.8, 4) is 16.9 Å². The van der Waals surface area contributed by atoms with Crippen LogP contribution in [0.5, 0.6) is 5.75 Å². The van der Waals surface area contributed by atoms with E-state index in [1.807, 2.05) is 0 Å². The summed E-state index contributed by atoms with van der Waals surface area (Å²) in [5, 5.41) is 18.5. The first kappa shape index (κ1) is 11.9. The predicted molar refractivity (Wildman–Crippen MR) is 65.9 cm³/mol. The molecule has 4 heteroatoms. The standard InChI is InChI=1S/C14H10O4/c15-8-12-5-4-10(7-13(12)16)9-2-1-3-11(6-9)14(17)18/h1-8,16H,(H,17,18). The van der Waals surface area contributed by atoms with Crippen LogP contribution >= 0.6 is 0 Å². The van der Waals surface area contributed by atoms with Gasteiger partial charge in [-0.3, -0.25) is 4.79 Å². The Labute approximate surface area is 103 Å². The molecule has 0 aliphatic carbocycles. The fourth-order valence-electron chi connectivity index (χ4n) is 1.65. The Hall–Kier alpha value is -2.62. The molecule has 2 aromatic rings. The third-order valence-corrected chi connectivity index (χ3v) is 2.60. The Morgan fingerprint density at radius 3 is 2.39 bits per heavy atom. The number of carbonyl (C=O) groups excluding carboxylic acids is 1. The van der Waals surface area contributed by atoms with Crippen molar-refractivity contribution >= 4 is 12.3 Å². The number of aromatic hydroxyl groups is 1. The molecular weight excluding hydrogens is 232 g/mol. The van der Waals surface area contributed by atoms with E-state index in [4.69, 9.17) is 5.11 Å². The van der Waals surface area contributed by atoms with E-state index in [1.165, 1.54) is 24.3 Å². The largest absolute Gasteiger partial charge is 0.507 e. The highest BCUT2D eigenvalue weighted by Gasteiger charge is 2.07. The van der Waals surface area contributed by atoms with Crippen LogP contribution in [-0.4, -0.2) is 22.5 Å². The molecule has 0 fully saturated rings. The van der Waals surface area contributed by atoms with Crippen LogP contribution in [0.3, 0.4) is 0 Å². The van der Waals surface area contributed by atoms with E-state index in [0.29, 0.717) is 17.4 Å². The molecule has 18 heavy (non-hydrogen) atoms. The number of benzene rings is 2. The molecule has 0 aliphatic rings. The predicted octanol–water partition coefficient (Wildman–Crippen LogP) is 2.57. The first-order valence-corrected chi connectivity index (χ1v) is 5.24. The zero-order valence-electron chi connectivity index (χ0n) is 9.33. The first-order chi connectivity index (χ1) is 8.61. The van der Waals surface area contributed by atoms with Crippen molar-refractivity contribution in [3.05, 3.63) is 53.6 Å². The van der Waals surface area contributed by atoms with Crippen LogP contribution in [0.15, 0.2) is 42.5 Å². The van der Waals surface area contributed by atoms with Crippen LogP contribution < -0.4 is 0 Å². The number of carboxylic acid groups (broad SMARTS) is 1. The lowest BCUT2D eigenvalue weighted by molar-refractivity contribution is 0.0696. The number of aldehydes is 1. The van der Waals surface area contributed by atoms with E-state index in [-0.39, 0.29) is 16.9 Å². The van der Waals surface area contributed by atoms with Gasteiger partial charge in [-0.2, -0.15) is 0 Å². The number of carbonyl (C=O) groups is 2. The van der Waals surface area contributed by atoms with Gasteiger partial charge in [0.15, 0.2) is 6.29 Å². The lowest BCUT2D eigenvalue weighted by Crippen LogP contribution is -1.95. The number of aromatic carboxylic acids is 1. The molecule has 2 aromatic carbocycles. The summed E-state index contributed by atoms with van der Waals surface area (Å²) in [6.45, 7) is 0. The van der Waals surface area contributed by atoms with E-state index in [9.17, 15) is 14.7 Å². The minimum atomic E-state index is -1.01. The van der Waals surface area contributed by atoms with Gasteiger partial charge in [0, 0.05) is 0 Å². The molecule has 90 valence electrons. The molecule has 0 heterocycles. The second-order valence-corrected chi connectivity index (χ2v) is 3.78. The summed E-state index contributed by atoms with van der Waals surface area (Å²) >= 11 is 0. The molecule has 0 saturated heterocycles. The number of phenolic OH excluding ortho intramolecular Hbond substituents is 1. The quantitative estimate of drug-likeness (QED) is 0.811. The van der Waals surface area contributed by atoms with E-state index >= 15 is 0 Å². The minimum Gasteiger partial charge on any atom is -0.507 e. The average molecular weight is 242 g/mol. The molecule has 0 atom stereocenters. The van der Waals surface area contributed by atoms with Crippen molar-refractivity contribution in [3.63, 3.8) is 0 Å². The van der Waals surface area contributed by atoms with Crippen LogP contribution in [0.4, 0.5) is 0 Å². The number of carboxylic acids is 1. The van der Waals surface area contributed by atoms with Crippen molar-refractivity contribution in [2.45, 2.75) is 0 Å². The lowest BCUT2D eigenvalue weighted by atomic mass is 10.0. The van der Waals surface area contributed by atoms with Gasteiger partial charge >= 0.3 is 5.97 Å². The maximum atomic E-state index is 10.9. The summed E-state index contributed by atoms with van der Waals surface area (Å²) in [5.74, 6) is -1.13. The monoisotopic (exact) mass is 242 g/mol. The van der Waals surface area contributed by atoms with Crippen molar-refractivity contribution in [1.29, 1.82) is 0 Å². The molecule has 0 bridgehead atoms. The maximum Gasteiger partial charge on any atom is 0.335 e. The second-order valence-electron chi connectivity index (χ2n) is 3.78. The molecule has 0 amide bonds. The van der Waals surface area contributed by atoms with Gasteiger partial charge in [0.1, 0.15) is 5.75 Å². The summed E-state index contributed by atoms with van der Waals surface area (Å²) in [7, 11) is 0. The van der Waals surface area contributed by atoms with E-state index in [2.05, 4.69) is 0 Å². The highest BCUT2D eigenvalue weighted by atomic mass is 16.4. The fraction of sp³-hybridized carbons (Fsp3) is 0. The molecule has 0 radical (unpaired) electrons. The summed E-state index contributed by atoms with van der Waals surface area (Å²) < 4.78 is 0.